The van der Waals surface area contributed by atoms with Crippen LogP contribution in [0.4, 0.5) is 0 Å². The summed E-state index contributed by atoms with van der Waals surface area (Å²) in [5.74, 6) is 0.743. The fraction of sp³-hybridized carbons (Fsp3) is 0.737. The molecule has 2 aliphatic rings. The minimum absolute atomic E-state index is 0. The fourth-order valence-corrected chi connectivity index (χ4v) is 3.98. The highest BCUT2D eigenvalue weighted by molar-refractivity contribution is 5.92. The summed E-state index contributed by atoms with van der Waals surface area (Å²) in [4.78, 5) is 26.9. The summed E-state index contributed by atoms with van der Waals surface area (Å²) in [5.41, 5.74) is 1.59. The number of amides is 2. The molecule has 2 N–H and O–H groups in total. The summed E-state index contributed by atoms with van der Waals surface area (Å²) < 4.78 is 1.80. The van der Waals surface area contributed by atoms with Crippen LogP contribution in [0.2, 0.25) is 0 Å². The predicted octanol–water partition coefficient (Wildman–Crippen LogP) is 1.69. The lowest BCUT2D eigenvalue weighted by atomic mass is 9.97. The number of aryl methyl sites for hydroxylation is 1. The zero-order valence-corrected chi connectivity index (χ0v) is 17.3. The average molecular weight is 398 g/mol. The molecule has 0 aliphatic carbocycles. The lowest BCUT2D eigenvalue weighted by molar-refractivity contribution is -0.123. The molecule has 3 rings (SSSR count). The third kappa shape index (κ3) is 5.23. The first-order valence-electron chi connectivity index (χ1n) is 9.80. The molecular weight excluding hydrogens is 366 g/mol. The van der Waals surface area contributed by atoms with Gasteiger partial charge in [0.05, 0.1) is 6.04 Å². The zero-order chi connectivity index (χ0) is 18.7. The summed E-state index contributed by atoms with van der Waals surface area (Å²) in [6, 6.07) is 1.86. The topological polar surface area (TPSA) is 79.3 Å². The molecular formula is C19H32ClN5O2. The van der Waals surface area contributed by atoms with Crippen molar-refractivity contribution in [3.63, 3.8) is 0 Å². The van der Waals surface area contributed by atoms with Crippen molar-refractivity contribution in [3.05, 3.63) is 17.5 Å². The van der Waals surface area contributed by atoms with E-state index in [1.165, 1.54) is 0 Å². The zero-order valence-electron chi connectivity index (χ0n) is 16.5. The van der Waals surface area contributed by atoms with Crippen LogP contribution in [0.25, 0.3) is 0 Å². The summed E-state index contributed by atoms with van der Waals surface area (Å²) in [6.45, 7) is 7.21. The Morgan fingerprint density at radius 2 is 2.11 bits per heavy atom. The number of rotatable bonds is 5. The highest BCUT2D eigenvalue weighted by Crippen LogP contribution is 2.20. The van der Waals surface area contributed by atoms with Crippen LogP contribution in [-0.4, -0.2) is 58.7 Å². The number of aromatic nitrogens is 2. The molecule has 8 heteroatoms. The molecule has 0 aromatic carbocycles. The Bertz CT molecular complexity index is 655. The number of piperidine rings is 1. The van der Waals surface area contributed by atoms with Crippen LogP contribution in [0.1, 0.15) is 61.6 Å². The van der Waals surface area contributed by atoms with Crippen molar-refractivity contribution in [2.75, 3.05) is 26.2 Å². The maximum Gasteiger partial charge on any atom is 0.274 e. The van der Waals surface area contributed by atoms with Crippen molar-refractivity contribution in [2.45, 2.75) is 51.5 Å². The Kier molecular flexibility index (Phi) is 7.68. The van der Waals surface area contributed by atoms with Crippen LogP contribution < -0.4 is 10.6 Å². The first kappa shape index (κ1) is 21.7. The molecule has 2 amide bonds. The third-order valence-electron chi connectivity index (χ3n) is 5.47. The second-order valence-electron chi connectivity index (χ2n) is 7.89. The highest BCUT2D eigenvalue weighted by atomic mass is 35.5. The number of hydrogen-bond acceptors (Lipinski definition) is 4. The molecule has 2 aliphatic heterocycles. The van der Waals surface area contributed by atoms with Crippen molar-refractivity contribution < 1.29 is 9.59 Å². The van der Waals surface area contributed by atoms with Gasteiger partial charge in [-0.3, -0.25) is 14.3 Å². The van der Waals surface area contributed by atoms with Crippen molar-refractivity contribution >= 4 is 24.2 Å². The number of nitrogens with one attached hydrogen (secondary N) is 2. The van der Waals surface area contributed by atoms with Gasteiger partial charge in [-0.1, -0.05) is 13.8 Å². The van der Waals surface area contributed by atoms with Gasteiger partial charge in [0.2, 0.25) is 5.91 Å². The SMILES string of the molecule is CC(C)c1cc(C(=O)N2CCCC(CNC(=O)C3CCCN3)C2)nn1C.Cl. The van der Waals surface area contributed by atoms with Crippen molar-refractivity contribution in [2.24, 2.45) is 13.0 Å². The Balaban J connectivity index is 0.00000261. The maximum atomic E-state index is 12.8. The van der Waals surface area contributed by atoms with Gasteiger partial charge >= 0.3 is 0 Å². The number of hydrogen-bond donors (Lipinski definition) is 2. The first-order chi connectivity index (χ1) is 12.5. The highest BCUT2D eigenvalue weighted by Gasteiger charge is 2.28. The van der Waals surface area contributed by atoms with Crippen LogP contribution in [0.3, 0.4) is 0 Å². The van der Waals surface area contributed by atoms with Crippen LogP contribution >= 0.6 is 12.4 Å². The molecule has 2 saturated heterocycles. The number of likely N-dealkylation sites (tertiary alicyclic amines) is 1. The van der Waals surface area contributed by atoms with Gasteiger partial charge in [-0.15, -0.1) is 12.4 Å². The standard InChI is InChI=1S/C19H31N5O2.ClH/c1-13(2)17-10-16(22-23(17)3)19(26)24-9-5-6-14(12-24)11-21-18(25)15-7-4-8-20-15;/h10,13-15,20H,4-9,11-12H2,1-3H3,(H,21,25);1H. The molecule has 1 aromatic rings. The largest absolute Gasteiger partial charge is 0.354 e. The van der Waals surface area contributed by atoms with Gasteiger partial charge in [-0.25, -0.2) is 0 Å². The van der Waals surface area contributed by atoms with E-state index in [1.807, 2.05) is 18.0 Å². The van der Waals surface area contributed by atoms with E-state index in [-0.39, 0.29) is 30.3 Å². The summed E-state index contributed by atoms with van der Waals surface area (Å²) in [6.07, 6.45) is 3.99. The Morgan fingerprint density at radius 1 is 1.33 bits per heavy atom. The average Bonchev–Trinajstić information content (AvgIpc) is 3.29. The van der Waals surface area contributed by atoms with E-state index in [2.05, 4.69) is 29.6 Å². The van der Waals surface area contributed by atoms with Crippen molar-refractivity contribution in [3.8, 4) is 0 Å². The van der Waals surface area contributed by atoms with Gasteiger partial charge < -0.3 is 15.5 Å². The van der Waals surface area contributed by atoms with Crippen LogP contribution in [-0.2, 0) is 11.8 Å². The molecule has 152 valence electrons. The maximum absolute atomic E-state index is 12.8. The van der Waals surface area contributed by atoms with E-state index >= 15 is 0 Å². The van der Waals surface area contributed by atoms with Crippen LogP contribution in [0.15, 0.2) is 6.07 Å². The van der Waals surface area contributed by atoms with E-state index in [1.54, 1.807) is 4.68 Å². The molecule has 7 nitrogen and oxygen atoms in total. The Morgan fingerprint density at radius 3 is 2.74 bits per heavy atom. The van der Waals surface area contributed by atoms with Crippen molar-refractivity contribution in [1.29, 1.82) is 0 Å². The molecule has 2 atom stereocenters. The number of nitrogens with zero attached hydrogens (tertiary/aromatic N) is 3. The molecule has 0 radical (unpaired) electrons. The first-order valence-corrected chi connectivity index (χ1v) is 9.80. The lowest BCUT2D eigenvalue weighted by Crippen LogP contribution is -2.46. The second-order valence-corrected chi connectivity index (χ2v) is 7.89. The van der Waals surface area contributed by atoms with Gasteiger partial charge in [-0.2, -0.15) is 5.10 Å². The normalized spacial score (nSPS) is 22.6. The third-order valence-corrected chi connectivity index (χ3v) is 5.47. The quantitative estimate of drug-likeness (QED) is 0.792. The van der Waals surface area contributed by atoms with E-state index < -0.39 is 0 Å². The summed E-state index contributed by atoms with van der Waals surface area (Å²) in [5, 5.41) is 10.7. The number of halogens is 1. The Labute approximate surface area is 167 Å². The predicted molar refractivity (Wildman–Crippen MR) is 107 cm³/mol. The van der Waals surface area contributed by atoms with Crippen LogP contribution in [0, 0.1) is 5.92 Å². The molecule has 3 heterocycles. The van der Waals surface area contributed by atoms with E-state index in [0.29, 0.717) is 30.6 Å². The molecule has 2 unspecified atom stereocenters. The van der Waals surface area contributed by atoms with E-state index in [4.69, 9.17) is 0 Å². The molecule has 0 bridgehead atoms. The monoisotopic (exact) mass is 397 g/mol. The van der Waals surface area contributed by atoms with Gasteiger partial charge in [-0.05, 0) is 50.1 Å². The Hall–Kier alpha value is -1.60. The lowest BCUT2D eigenvalue weighted by Gasteiger charge is -2.32. The molecule has 1 aromatic heterocycles. The van der Waals surface area contributed by atoms with Gasteiger partial charge in [0.15, 0.2) is 5.69 Å². The van der Waals surface area contributed by atoms with E-state index in [0.717, 1.165) is 44.5 Å². The second kappa shape index (κ2) is 9.55. The van der Waals surface area contributed by atoms with E-state index in [9.17, 15) is 9.59 Å². The number of carbonyl (C=O) groups excluding carboxylic acids is 2. The fourth-order valence-electron chi connectivity index (χ4n) is 3.98. The summed E-state index contributed by atoms with van der Waals surface area (Å²) in [7, 11) is 1.89. The van der Waals surface area contributed by atoms with Crippen LogP contribution in [0.5, 0.6) is 0 Å². The molecule has 2 fully saturated rings. The molecule has 27 heavy (non-hydrogen) atoms. The minimum atomic E-state index is -0.0423. The van der Waals surface area contributed by atoms with Crippen molar-refractivity contribution in [1.82, 2.24) is 25.3 Å². The minimum Gasteiger partial charge on any atom is -0.354 e. The smallest absolute Gasteiger partial charge is 0.274 e. The van der Waals surface area contributed by atoms with Gasteiger partial charge in [0.1, 0.15) is 0 Å². The molecule has 0 spiro atoms. The molecule has 0 saturated carbocycles. The van der Waals surface area contributed by atoms with Gasteiger partial charge in [0, 0.05) is 32.4 Å². The van der Waals surface area contributed by atoms with Gasteiger partial charge in [0.25, 0.3) is 5.91 Å². The number of carbonyl (C=O) groups is 2. The summed E-state index contributed by atoms with van der Waals surface area (Å²) >= 11 is 0.